The normalized spacial score (nSPS) is 19.8. The zero-order valence-corrected chi connectivity index (χ0v) is 16.5. The zero-order chi connectivity index (χ0) is 19.4. The Kier molecular flexibility index (Phi) is 6.71. The van der Waals surface area contributed by atoms with Gasteiger partial charge in [-0.15, -0.1) is 0 Å². The number of nitrogens with one attached hydrogen (secondary N) is 1. The number of hydrogen-bond acceptors (Lipinski definition) is 3. The van der Waals surface area contributed by atoms with E-state index in [0.29, 0.717) is 44.4 Å². The van der Waals surface area contributed by atoms with Crippen molar-refractivity contribution in [2.45, 2.75) is 26.2 Å². The number of carbonyl (C=O) groups excluding carboxylic acids is 2. The van der Waals surface area contributed by atoms with Gasteiger partial charge in [-0.3, -0.25) is 9.59 Å². The molecule has 2 fully saturated rings. The molecule has 2 aliphatic rings. The lowest BCUT2D eigenvalue weighted by Gasteiger charge is -2.36. The van der Waals surface area contributed by atoms with Gasteiger partial charge in [0.2, 0.25) is 5.91 Å². The highest BCUT2D eigenvalue weighted by Gasteiger charge is 2.28. The third kappa shape index (κ3) is 4.99. The van der Waals surface area contributed by atoms with Crippen molar-refractivity contribution < 1.29 is 14.0 Å². The summed E-state index contributed by atoms with van der Waals surface area (Å²) in [6.45, 7) is 6.08. The first kappa shape index (κ1) is 20.1. The molecular weight excluding hydrogens is 369 g/mol. The van der Waals surface area contributed by atoms with Gasteiger partial charge in [-0.1, -0.05) is 18.5 Å². The van der Waals surface area contributed by atoms with Crippen molar-refractivity contribution in [3.8, 4) is 0 Å². The molecule has 0 bridgehead atoms. The molecule has 0 spiro atoms. The molecular formula is C20H27ClFN3O2. The number of piperidine rings is 1. The van der Waals surface area contributed by atoms with E-state index in [4.69, 9.17) is 11.6 Å². The van der Waals surface area contributed by atoms with Gasteiger partial charge in [-0.2, -0.15) is 0 Å². The monoisotopic (exact) mass is 395 g/mol. The van der Waals surface area contributed by atoms with Crippen LogP contribution in [-0.4, -0.2) is 60.9 Å². The van der Waals surface area contributed by atoms with E-state index >= 15 is 0 Å². The number of rotatable bonds is 4. The summed E-state index contributed by atoms with van der Waals surface area (Å²) in [6.07, 6.45) is 2.82. The average molecular weight is 396 g/mol. The lowest BCUT2D eigenvalue weighted by molar-refractivity contribution is -0.134. The van der Waals surface area contributed by atoms with Gasteiger partial charge in [-0.05, 0) is 56.0 Å². The van der Waals surface area contributed by atoms with E-state index in [0.717, 1.165) is 32.0 Å². The number of nitrogens with zero attached hydrogens (tertiary/aromatic N) is 2. The second kappa shape index (κ2) is 9.02. The fourth-order valence-corrected chi connectivity index (χ4v) is 4.14. The highest BCUT2D eigenvalue weighted by atomic mass is 35.5. The fourth-order valence-electron chi connectivity index (χ4n) is 3.98. The molecule has 5 nitrogen and oxygen atoms in total. The SMILES string of the molecule is CC(CC(=O)N1CCN(C(=O)c2ccc(Cl)cc2F)CC1)C1CCNCC1. The fraction of sp³-hybridized carbons (Fsp3) is 0.600. The quantitative estimate of drug-likeness (QED) is 0.852. The highest BCUT2D eigenvalue weighted by Crippen LogP contribution is 2.25. The van der Waals surface area contributed by atoms with Crippen molar-refractivity contribution in [1.29, 1.82) is 0 Å². The summed E-state index contributed by atoms with van der Waals surface area (Å²) in [5, 5.41) is 3.62. The van der Waals surface area contributed by atoms with E-state index in [1.165, 1.54) is 12.1 Å². The predicted molar refractivity (Wildman–Crippen MR) is 103 cm³/mol. The van der Waals surface area contributed by atoms with E-state index in [-0.39, 0.29) is 22.4 Å². The van der Waals surface area contributed by atoms with Crippen LogP contribution in [0, 0.1) is 17.7 Å². The van der Waals surface area contributed by atoms with Crippen molar-refractivity contribution >= 4 is 23.4 Å². The summed E-state index contributed by atoms with van der Waals surface area (Å²) in [7, 11) is 0. The molecule has 2 saturated heterocycles. The summed E-state index contributed by atoms with van der Waals surface area (Å²) < 4.78 is 14.0. The minimum absolute atomic E-state index is 0.0266. The van der Waals surface area contributed by atoms with Crippen LogP contribution in [-0.2, 0) is 4.79 Å². The Morgan fingerprint density at radius 3 is 2.44 bits per heavy atom. The maximum Gasteiger partial charge on any atom is 0.256 e. The molecule has 1 unspecified atom stereocenters. The van der Waals surface area contributed by atoms with Crippen LogP contribution in [0.2, 0.25) is 5.02 Å². The number of halogens is 2. The Hall–Kier alpha value is -1.66. The first-order valence-corrected chi connectivity index (χ1v) is 10.1. The summed E-state index contributed by atoms with van der Waals surface area (Å²) >= 11 is 5.75. The largest absolute Gasteiger partial charge is 0.339 e. The minimum Gasteiger partial charge on any atom is -0.339 e. The lowest BCUT2D eigenvalue weighted by atomic mass is 9.84. The standard InChI is InChI=1S/C20H27ClFN3O2/c1-14(15-4-6-23-7-5-15)12-19(26)24-8-10-25(11-9-24)20(27)17-3-2-16(21)13-18(17)22/h2-3,13-15,23H,4-12H2,1H3. The predicted octanol–water partition coefficient (Wildman–Crippen LogP) is 2.79. The molecule has 0 saturated carbocycles. The molecule has 2 aliphatic heterocycles. The summed E-state index contributed by atoms with van der Waals surface area (Å²) in [4.78, 5) is 28.6. The number of benzene rings is 1. The van der Waals surface area contributed by atoms with Crippen molar-refractivity contribution in [3.63, 3.8) is 0 Å². The number of amides is 2. The second-order valence-corrected chi connectivity index (χ2v) is 8.00. The molecule has 0 aromatic heterocycles. The molecule has 7 heteroatoms. The number of carbonyl (C=O) groups is 2. The average Bonchev–Trinajstić information content (AvgIpc) is 2.68. The molecule has 1 aromatic rings. The summed E-state index contributed by atoms with van der Waals surface area (Å²) in [5.41, 5.74) is 0.0266. The molecule has 0 radical (unpaired) electrons. The van der Waals surface area contributed by atoms with Crippen LogP contribution in [0.4, 0.5) is 4.39 Å². The first-order chi connectivity index (χ1) is 13.0. The molecule has 1 atom stereocenters. The Bertz CT molecular complexity index is 686. The van der Waals surface area contributed by atoms with Crippen LogP contribution in [0.25, 0.3) is 0 Å². The number of hydrogen-bond donors (Lipinski definition) is 1. The van der Waals surface area contributed by atoms with Crippen molar-refractivity contribution in [3.05, 3.63) is 34.6 Å². The molecule has 27 heavy (non-hydrogen) atoms. The molecule has 3 rings (SSSR count). The smallest absolute Gasteiger partial charge is 0.256 e. The molecule has 148 valence electrons. The van der Waals surface area contributed by atoms with E-state index in [1.54, 1.807) is 4.90 Å². The maximum absolute atomic E-state index is 14.0. The van der Waals surface area contributed by atoms with Gasteiger partial charge in [-0.25, -0.2) is 4.39 Å². The Balaban J connectivity index is 1.50. The van der Waals surface area contributed by atoms with Gasteiger partial charge >= 0.3 is 0 Å². The third-order valence-corrected chi connectivity index (χ3v) is 6.00. The number of piperazine rings is 1. The van der Waals surface area contributed by atoms with Crippen molar-refractivity contribution in [1.82, 2.24) is 15.1 Å². The van der Waals surface area contributed by atoms with Gasteiger partial charge in [0.1, 0.15) is 5.82 Å². The molecule has 1 N–H and O–H groups in total. The topological polar surface area (TPSA) is 52.7 Å². The molecule has 2 heterocycles. The van der Waals surface area contributed by atoms with Crippen molar-refractivity contribution in [2.75, 3.05) is 39.3 Å². The van der Waals surface area contributed by atoms with Crippen LogP contribution in [0.3, 0.4) is 0 Å². The van der Waals surface area contributed by atoms with Crippen LogP contribution < -0.4 is 5.32 Å². The van der Waals surface area contributed by atoms with E-state index in [9.17, 15) is 14.0 Å². The Morgan fingerprint density at radius 2 is 1.81 bits per heavy atom. The van der Waals surface area contributed by atoms with Crippen LogP contribution in [0.1, 0.15) is 36.5 Å². The van der Waals surface area contributed by atoms with E-state index < -0.39 is 5.82 Å². The maximum atomic E-state index is 14.0. The van der Waals surface area contributed by atoms with Gasteiger partial charge in [0.15, 0.2) is 0 Å². The highest BCUT2D eigenvalue weighted by molar-refractivity contribution is 6.30. The first-order valence-electron chi connectivity index (χ1n) is 9.68. The van der Waals surface area contributed by atoms with Gasteiger partial charge < -0.3 is 15.1 Å². The Labute approximate surface area is 164 Å². The molecule has 2 amide bonds. The summed E-state index contributed by atoms with van der Waals surface area (Å²) in [5.74, 6) is 0.181. The van der Waals surface area contributed by atoms with E-state index in [1.807, 2.05) is 4.90 Å². The minimum atomic E-state index is -0.609. The molecule has 0 aliphatic carbocycles. The Morgan fingerprint density at radius 1 is 1.19 bits per heavy atom. The van der Waals surface area contributed by atoms with Gasteiger partial charge in [0.05, 0.1) is 5.56 Å². The van der Waals surface area contributed by atoms with Gasteiger partial charge in [0, 0.05) is 37.6 Å². The van der Waals surface area contributed by atoms with Gasteiger partial charge in [0.25, 0.3) is 5.91 Å². The third-order valence-electron chi connectivity index (χ3n) is 5.77. The molecule has 1 aromatic carbocycles. The van der Waals surface area contributed by atoms with Crippen LogP contribution >= 0.6 is 11.6 Å². The second-order valence-electron chi connectivity index (χ2n) is 7.57. The van der Waals surface area contributed by atoms with Crippen LogP contribution in [0.15, 0.2) is 18.2 Å². The zero-order valence-electron chi connectivity index (χ0n) is 15.7. The van der Waals surface area contributed by atoms with Crippen molar-refractivity contribution in [2.24, 2.45) is 11.8 Å². The lowest BCUT2D eigenvalue weighted by Crippen LogP contribution is -2.51. The summed E-state index contributed by atoms with van der Waals surface area (Å²) in [6, 6.07) is 4.08. The van der Waals surface area contributed by atoms with E-state index in [2.05, 4.69) is 12.2 Å². The van der Waals surface area contributed by atoms with Crippen LogP contribution in [0.5, 0.6) is 0 Å².